The maximum atomic E-state index is 10.7. The van der Waals surface area contributed by atoms with Gasteiger partial charge in [-0.3, -0.25) is 4.79 Å². The third kappa shape index (κ3) is 2.24. The Bertz CT molecular complexity index is 363. The summed E-state index contributed by atoms with van der Waals surface area (Å²) >= 11 is 0. The summed E-state index contributed by atoms with van der Waals surface area (Å²) < 4.78 is 2.13. The molecule has 1 aromatic rings. The molecule has 0 fully saturated rings. The summed E-state index contributed by atoms with van der Waals surface area (Å²) in [5.41, 5.74) is 6.43. The van der Waals surface area contributed by atoms with Crippen molar-refractivity contribution in [2.24, 2.45) is 5.73 Å². The molecule has 0 amide bonds. The van der Waals surface area contributed by atoms with E-state index in [4.69, 9.17) is 10.8 Å². The summed E-state index contributed by atoms with van der Waals surface area (Å²) in [4.78, 5) is 15.2. The predicted molar refractivity (Wildman–Crippen MR) is 59.2 cm³/mol. The Morgan fingerprint density at radius 1 is 1.62 bits per heavy atom. The second kappa shape index (κ2) is 4.65. The summed E-state index contributed by atoms with van der Waals surface area (Å²) in [5.74, 6) is 0.0992. The fourth-order valence-electron chi connectivity index (χ4n) is 2.15. The standard InChI is InChI=1S/C11H17N3O2/c12-6-8(5-11(15)16)9-7-14-4-2-1-3-10(14)13-9/h7-8H,1-6,12H2,(H,15,16). The van der Waals surface area contributed by atoms with Crippen LogP contribution in [0.5, 0.6) is 0 Å². The van der Waals surface area contributed by atoms with Gasteiger partial charge in [-0.25, -0.2) is 4.98 Å². The highest BCUT2D eigenvalue weighted by Crippen LogP contribution is 2.21. The van der Waals surface area contributed by atoms with E-state index < -0.39 is 5.97 Å². The van der Waals surface area contributed by atoms with E-state index >= 15 is 0 Å². The fraction of sp³-hybridized carbons (Fsp3) is 0.636. The normalized spacial score (nSPS) is 16.8. The van der Waals surface area contributed by atoms with Crippen LogP contribution in [0.25, 0.3) is 0 Å². The minimum atomic E-state index is -0.818. The fourth-order valence-corrected chi connectivity index (χ4v) is 2.15. The Hall–Kier alpha value is -1.36. The van der Waals surface area contributed by atoms with Gasteiger partial charge in [-0.15, -0.1) is 0 Å². The van der Waals surface area contributed by atoms with Crippen LogP contribution in [-0.4, -0.2) is 27.2 Å². The van der Waals surface area contributed by atoms with Crippen molar-refractivity contribution in [2.45, 2.75) is 38.1 Å². The number of rotatable bonds is 4. The van der Waals surface area contributed by atoms with Gasteiger partial charge < -0.3 is 15.4 Å². The predicted octanol–water partition coefficient (Wildman–Crippen LogP) is 0.736. The van der Waals surface area contributed by atoms with E-state index in [1.165, 1.54) is 12.8 Å². The number of aromatic nitrogens is 2. The van der Waals surface area contributed by atoms with Crippen LogP contribution in [0.2, 0.25) is 0 Å². The number of carboxylic acids is 1. The molecule has 1 atom stereocenters. The van der Waals surface area contributed by atoms with E-state index in [0.29, 0.717) is 6.54 Å². The minimum absolute atomic E-state index is 0.0625. The van der Waals surface area contributed by atoms with Crippen molar-refractivity contribution in [1.82, 2.24) is 9.55 Å². The molecular formula is C11H17N3O2. The lowest BCUT2D eigenvalue weighted by Crippen LogP contribution is -2.16. The number of aryl methyl sites for hydroxylation is 2. The van der Waals surface area contributed by atoms with Crippen molar-refractivity contribution in [3.8, 4) is 0 Å². The highest BCUT2D eigenvalue weighted by molar-refractivity contribution is 5.67. The number of aliphatic carboxylic acids is 1. The number of carboxylic acid groups (broad SMARTS) is 1. The number of nitrogens with two attached hydrogens (primary N) is 1. The summed E-state index contributed by atoms with van der Waals surface area (Å²) in [5, 5.41) is 8.79. The van der Waals surface area contributed by atoms with Gasteiger partial charge in [-0.2, -0.15) is 0 Å². The molecule has 1 aliphatic rings. The molecule has 2 rings (SSSR count). The van der Waals surface area contributed by atoms with Gasteiger partial charge in [0, 0.05) is 31.6 Å². The lowest BCUT2D eigenvalue weighted by molar-refractivity contribution is -0.137. The largest absolute Gasteiger partial charge is 0.481 e. The Morgan fingerprint density at radius 3 is 3.06 bits per heavy atom. The van der Waals surface area contributed by atoms with Crippen molar-refractivity contribution in [1.29, 1.82) is 0 Å². The van der Waals surface area contributed by atoms with Gasteiger partial charge in [0.15, 0.2) is 0 Å². The van der Waals surface area contributed by atoms with Crippen molar-refractivity contribution in [2.75, 3.05) is 6.54 Å². The Kier molecular flexibility index (Phi) is 3.24. The molecule has 1 unspecified atom stereocenters. The first-order chi connectivity index (χ1) is 7.70. The van der Waals surface area contributed by atoms with Crippen LogP contribution in [-0.2, 0) is 17.8 Å². The lowest BCUT2D eigenvalue weighted by atomic mass is 10.0. The van der Waals surface area contributed by atoms with Crippen LogP contribution in [0.4, 0.5) is 0 Å². The second-order valence-electron chi connectivity index (χ2n) is 4.26. The van der Waals surface area contributed by atoms with Crippen molar-refractivity contribution < 1.29 is 9.90 Å². The Labute approximate surface area is 94.3 Å². The van der Waals surface area contributed by atoms with E-state index in [0.717, 1.165) is 24.5 Å². The van der Waals surface area contributed by atoms with Gasteiger partial charge in [0.1, 0.15) is 5.82 Å². The maximum Gasteiger partial charge on any atom is 0.304 e. The van der Waals surface area contributed by atoms with Crippen molar-refractivity contribution in [3.05, 3.63) is 17.7 Å². The number of fused-ring (bicyclic) bond motifs is 1. The highest BCUT2D eigenvalue weighted by atomic mass is 16.4. The number of imidazole rings is 1. The van der Waals surface area contributed by atoms with Crippen LogP contribution >= 0.6 is 0 Å². The molecular weight excluding hydrogens is 206 g/mol. The molecule has 5 nitrogen and oxygen atoms in total. The Morgan fingerprint density at radius 2 is 2.44 bits per heavy atom. The molecule has 0 spiro atoms. The SMILES string of the molecule is NCC(CC(=O)O)c1cn2c(n1)CCCC2. The molecule has 0 bridgehead atoms. The van der Waals surface area contributed by atoms with E-state index in [2.05, 4.69) is 9.55 Å². The van der Waals surface area contributed by atoms with Gasteiger partial charge in [0.2, 0.25) is 0 Å². The summed E-state index contributed by atoms with van der Waals surface area (Å²) in [6.07, 6.45) is 5.37. The first-order valence-electron chi connectivity index (χ1n) is 5.68. The summed E-state index contributed by atoms with van der Waals surface area (Å²) in [6.45, 7) is 1.33. The molecule has 0 saturated carbocycles. The molecule has 2 heterocycles. The number of nitrogens with zero attached hydrogens (tertiary/aromatic N) is 2. The number of hydrogen-bond donors (Lipinski definition) is 2. The second-order valence-corrected chi connectivity index (χ2v) is 4.26. The Balaban J connectivity index is 2.18. The molecule has 0 radical (unpaired) electrons. The van der Waals surface area contributed by atoms with E-state index in [-0.39, 0.29) is 12.3 Å². The van der Waals surface area contributed by atoms with E-state index in [9.17, 15) is 4.79 Å². The molecule has 5 heteroatoms. The molecule has 0 aliphatic carbocycles. The molecule has 1 aliphatic heterocycles. The zero-order chi connectivity index (χ0) is 11.5. The smallest absolute Gasteiger partial charge is 0.304 e. The quantitative estimate of drug-likeness (QED) is 0.788. The van der Waals surface area contributed by atoms with Crippen LogP contribution in [0.15, 0.2) is 6.20 Å². The first-order valence-corrected chi connectivity index (χ1v) is 5.68. The number of hydrogen-bond acceptors (Lipinski definition) is 3. The highest BCUT2D eigenvalue weighted by Gasteiger charge is 2.20. The zero-order valence-electron chi connectivity index (χ0n) is 9.22. The van der Waals surface area contributed by atoms with Gasteiger partial charge in [-0.1, -0.05) is 0 Å². The van der Waals surface area contributed by atoms with Gasteiger partial charge >= 0.3 is 5.97 Å². The molecule has 0 aromatic carbocycles. The molecule has 0 saturated heterocycles. The molecule has 16 heavy (non-hydrogen) atoms. The third-order valence-corrected chi connectivity index (χ3v) is 3.05. The maximum absolute atomic E-state index is 10.7. The van der Waals surface area contributed by atoms with Crippen LogP contribution in [0.3, 0.4) is 0 Å². The first kappa shape index (κ1) is 11.1. The van der Waals surface area contributed by atoms with Crippen LogP contribution in [0, 0.1) is 0 Å². The monoisotopic (exact) mass is 223 g/mol. The van der Waals surface area contributed by atoms with E-state index in [1.807, 2.05) is 6.20 Å². The van der Waals surface area contributed by atoms with Crippen molar-refractivity contribution in [3.63, 3.8) is 0 Å². The summed E-state index contributed by atoms with van der Waals surface area (Å²) in [6, 6.07) is 0. The average Bonchev–Trinajstić information content (AvgIpc) is 2.68. The molecule has 1 aromatic heterocycles. The zero-order valence-corrected chi connectivity index (χ0v) is 9.22. The van der Waals surface area contributed by atoms with Crippen LogP contribution in [0.1, 0.15) is 36.7 Å². The van der Waals surface area contributed by atoms with Crippen LogP contribution < -0.4 is 5.73 Å². The number of carbonyl (C=O) groups is 1. The molecule has 88 valence electrons. The average molecular weight is 223 g/mol. The minimum Gasteiger partial charge on any atom is -0.481 e. The topological polar surface area (TPSA) is 81.1 Å². The lowest BCUT2D eigenvalue weighted by Gasteiger charge is -2.11. The summed E-state index contributed by atoms with van der Waals surface area (Å²) in [7, 11) is 0. The van der Waals surface area contributed by atoms with Crippen molar-refractivity contribution >= 4 is 5.97 Å². The van der Waals surface area contributed by atoms with E-state index in [1.54, 1.807) is 0 Å². The van der Waals surface area contributed by atoms with Gasteiger partial charge in [0.05, 0.1) is 12.1 Å². The van der Waals surface area contributed by atoms with Gasteiger partial charge in [-0.05, 0) is 12.8 Å². The molecule has 3 N–H and O–H groups in total. The van der Waals surface area contributed by atoms with Gasteiger partial charge in [0.25, 0.3) is 0 Å². The third-order valence-electron chi connectivity index (χ3n) is 3.05.